The zero-order chi connectivity index (χ0) is 19.2. The van der Waals surface area contributed by atoms with E-state index in [1.807, 2.05) is 44.2 Å². The molecule has 27 heavy (non-hydrogen) atoms. The Morgan fingerprint density at radius 1 is 0.815 bits per heavy atom. The second kappa shape index (κ2) is 8.65. The van der Waals surface area contributed by atoms with Crippen molar-refractivity contribution in [3.63, 3.8) is 0 Å². The fourth-order valence-corrected chi connectivity index (χ4v) is 3.18. The van der Waals surface area contributed by atoms with Crippen LogP contribution in [0.4, 0.5) is 5.69 Å². The van der Waals surface area contributed by atoms with Crippen molar-refractivity contribution in [3.05, 3.63) is 101 Å². The highest BCUT2D eigenvalue weighted by Gasteiger charge is 2.15. The predicted octanol–water partition coefficient (Wildman–Crippen LogP) is 4.93. The maximum absolute atomic E-state index is 12.5. The smallest absolute Gasteiger partial charge is 0.238 e. The van der Waals surface area contributed by atoms with Gasteiger partial charge in [0, 0.05) is 5.69 Å². The lowest BCUT2D eigenvalue weighted by molar-refractivity contribution is -0.115. The Kier molecular flexibility index (Phi) is 6.05. The van der Waals surface area contributed by atoms with E-state index in [9.17, 15) is 4.79 Å². The van der Waals surface area contributed by atoms with Gasteiger partial charge in [0.1, 0.15) is 0 Å². The molecular formula is C24H26N2O. The van der Waals surface area contributed by atoms with Crippen molar-refractivity contribution >= 4 is 11.6 Å². The Labute approximate surface area is 161 Å². The highest BCUT2D eigenvalue weighted by atomic mass is 16.1. The zero-order valence-corrected chi connectivity index (χ0v) is 16.1. The van der Waals surface area contributed by atoms with Gasteiger partial charge >= 0.3 is 0 Å². The van der Waals surface area contributed by atoms with Crippen LogP contribution in [-0.2, 0) is 4.79 Å². The lowest BCUT2D eigenvalue weighted by Gasteiger charge is -2.20. The van der Waals surface area contributed by atoms with Gasteiger partial charge in [-0.3, -0.25) is 10.1 Å². The van der Waals surface area contributed by atoms with E-state index >= 15 is 0 Å². The maximum atomic E-state index is 12.5. The number of nitrogens with one attached hydrogen (secondary N) is 2. The molecule has 2 N–H and O–H groups in total. The van der Waals surface area contributed by atoms with Crippen LogP contribution in [0, 0.1) is 20.8 Å². The molecule has 1 amide bonds. The third kappa shape index (κ3) is 5.05. The lowest BCUT2D eigenvalue weighted by Crippen LogP contribution is -2.32. The highest BCUT2D eigenvalue weighted by Crippen LogP contribution is 2.22. The van der Waals surface area contributed by atoms with Crippen LogP contribution >= 0.6 is 0 Å². The molecule has 3 aromatic rings. The SMILES string of the molecule is Cc1ccc([C@H](NCC(=O)Nc2ccc(C)cc2C)c2ccccc2)cc1. The summed E-state index contributed by atoms with van der Waals surface area (Å²) < 4.78 is 0. The molecule has 0 fully saturated rings. The number of carbonyl (C=O) groups is 1. The number of hydrogen-bond donors (Lipinski definition) is 2. The number of amides is 1. The topological polar surface area (TPSA) is 41.1 Å². The van der Waals surface area contributed by atoms with Gasteiger partial charge in [-0.25, -0.2) is 0 Å². The number of rotatable bonds is 6. The van der Waals surface area contributed by atoms with Crippen molar-refractivity contribution in [2.45, 2.75) is 26.8 Å². The summed E-state index contributed by atoms with van der Waals surface area (Å²) in [5, 5.41) is 6.41. The molecule has 0 radical (unpaired) electrons. The fraction of sp³-hybridized carbons (Fsp3) is 0.208. The Hall–Kier alpha value is -2.91. The largest absolute Gasteiger partial charge is 0.325 e. The molecule has 3 aromatic carbocycles. The Morgan fingerprint density at radius 2 is 1.44 bits per heavy atom. The van der Waals surface area contributed by atoms with E-state index in [4.69, 9.17) is 0 Å². The summed E-state index contributed by atoms with van der Waals surface area (Å²) in [6.07, 6.45) is 0. The monoisotopic (exact) mass is 358 g/mol. The number of anilines is 1. The van der Waals surface area contributed by atoms with Crippen LogP contribution in [0.15, 0.2) is 72.8 Å². The molecule has 0 unspecified atom stereocenters. The molecule has 0 saturated carbocycles. The van der Waals surface area contributed by atoms with Crippen molar-refractivity contribution in [2.24, 2.45) is 0 Å². The maximum Gasteiger partial charge on any atom is 0.238 e. The summed E-state index contributed by atoms with van der Waals surface area (Å²) in [4.78, 5) is 12.5. The molecule has 0 aliphatic heterocycles. The average Bonchev–Trinajstić information content (AvgIpc) is 2.66. The van der Waals surface area contributed by atoms with Gasteiger partial charge < -0.3 is 5.32 Å². The van der Waals surface area contributed by atoms with Crippen LogP contribution in [0.5, 0.6) is 0 Å². The summed E-state index contributed by atoms with van der Waals surface area (Å²) in [5.74, 6) is -0.0463. The van der Waals surface area contributed by atoms with Crippen molar-refractivity contribution in [3.8, 4) is 0 Å². The Morgan fingerprint density at radius 3 is 2.11 bits per heavy atom. The molecule has 0 spiro atoms. The molecule has 0 heterocycles. The standard InChI is InChI=1S/C24H26N2O/c1-17-9-12-21(13-10-17)24(20-7-5-4-6-8-20)25-16-23(27)26-22-14-11-18(2)15-19(22)3/h4-15,24-25H,16H2,1-3H3,(H,26,27)/t24-/m1/s1. The van der Waals surface area contributed by atoms with Crippen LogP contribution in [-0.4, -0.2) is 12.5 Å². The van der Waals surface area contributed by atoms with E-state index in [1.165, 1.54) is 11.1 Å². The third-order valence-corrected chi connectivity index (χ3v) is 4.67. The van der Waals surface area contributed by atoms with Crippen LogP contribution in [0.3, 0.4) is 0 Å². The van der Waals surface area contributed by atoms with E-state index in [2.05, 4.69) is 60.0 Å². The number of aryl methyl sites for hydroxylation is 3. The Balaban J connectivity index is 1.72. The predicted molar refractivity (Wildman–Crippen MR) is 112 cm³/mol. The normalized spacial score (nSPS) is 11.8. The first-order valence-electron chi connectivity index (χ1n) is 9.25. The summed E-state index contributed by atoms with van der Waals surface area (Å²) in [5.41, 5.74) is 6.62. The van der Waals surface area contributed by atoms with E-state index in [0.717, 1.165) is 22.4 Å². The van der Waals surface area contributed by atoms with Crippen LogP contribution < -0.4 is 10.6 Å². The second-order valence-corrected chi connectivity index (χ2v) is 7.00. The van der Waals surface area contributed by atoms with E-state index in [1.54, 1.807) is 0 Å². The first-order valence-corrected chi connectivity index (χ1v) is 9.25. The van der Waals surface area contributed by atoms with Crippen molar-refractivity contribution in [1.82, 2.24) is 5.32 Å². The lowest BCUT2D eigenvalue weighted by atomic mass is 9.98. The van der Waals surface area contributed by atoms with E-state index in [-0.39, 0.29) is 18.5 Å². The summed E-state index contributed by atoms with van der Waals surface area (Å²) in [7, 11) is 0. The van der Waals surface area contributed by atoms with Gasteiger partial charge in [-0.15, -0.1) is 0 Å². The van der Waals surface area contributed by atoms with Gasteiger partial charge in [-0.1, -0.05) is 77.9 Å². The molecular weight excluding hydrogens is 332 g/mol. The molecule has 138 valence electrons. The molecule has 3 rings (SSSR count). The van der Waals surface area contributed by atoms with E-state index < -0.39 is 0 Å². The van der Waals surface area contributed by atoms with Crippen LogP contribution in [0.2, 0.25) is 0 Å². The van der Waals surface area contributed by atoms with Gasteiger partial charge in [0.25, 0.3) is 0 Å². The first kappa shape index (κ1) is 18.9. The molecule has 0 aliphatic carbocycles. The number of hydrogen-bond acceptors (Lipinski definition) is 2. The van der Waals surface area contributed by atoms with Crippen LogP contribution in [0.1, 0.15) is 33.9 Å². The minimum atomic E-state index is -0.0463. The number of benzene rings is 3. The van der Waals surface area contributed by atoms with Gasteiger partial charge in [0.05, 0.1) is 12.6 Å². The molecule has 0 saturated heterocycles. The minimum absolute atomic E-state index is 0.0309. The van der Waals surface area contributed by atoms with Gasteiger partial charge in [-0.05, 0) is 43.5 Å². The quantitative estimate of drug-likeness (QED) is 0.656. The van der Waals surface area contributed by atoms with Crippen molar-refractivity contribution in [2.75, 3.05) is 11.9 Å². The first-order chi connectivity index (χ1) is 13.0. The molecule has 0 aliphatic rings. The fourth-order valence-electron chi connectivity index (χ4n) is 3.18. The average molecular weight is 358 g/mol. The molecule has 0 bridgehead atoms. The molecule has 3 nitrogen and oxygen atoms in total. The minimum Gasteiger partial charge on any atom is -0.325 e. The van der Waals surface area contributed by atoms with Crippen molar-refractivity contribution < 1.29 is 4.79 Å². The molecule has 0 aromatic heterocycles. The molecule has 1 atom stereocenters. The second-order valence-electron chi connectivity index (χ2n) is 7.00. The number of carbonyl (C=O) groups excluding carboxylic acids is 1. The summed E-state index contributed by atoms with van der Waals surface area (Å²) in [6, 6.07) is 24.6. The third-order valence-electron chi connectivity index (χ3n) is 4.67. The van der Waals surface area contributed by atoms with Crippen LogP contribution in [0.25, 0.3) is 0 Å². The van der Waals surface area contributed by atoms with Gasteiger partial charge in [0.2, 0.25) is 5.91 Å². The highest BCUT2D eigenvalue weighted by molar-refractivity contribution is 5.93. The van der Waals surface area contributed by atoms with Gasteiger partial charge in [-0.2, -0.15) is 0 Å². The van der Waals surface area contributed by atoms with E-state index in [0.29, 0.717) is 0 Å². The summed E-state index contributed by atoms with van der Waals surface area (Å²) >= 11 is 0. The van der Waals surface area contributed by atoms with Gasteiger partial charge in [0.15, 0.2) is 0 Å². The van der Waals surface area contributed by atoms with Crippen molar-refractivity contribution in [1.29, 1.82) is 0 Å². The Bertz CT molecular complexity index is 901. The summed E-state index contributed by atoms with van der Waals surface area (Å²) in [6.45, 7) is 6.37. The zero-order valence-electron chi connectivity index (χ0n) is 16.1. The molecule has 3 heteroatoms.